The van der Waals surface area contributed by atoms with Crippen molar-refractivity contribution in [2.24, 2.45) is 0 Å². The normalized spacial score (nSPS) is 12.7. The average Bonchev–Trinajstić information content (AvgIpc) is 3.37. The quantitative estimate of drug-likeness (QED) is 0.425. The van der Waals surface area contributed by atoms with E-state index < -0.39 is 6.04 Å². The Bertz CT molecular complexity index is 1170. The molecule has 0 radical (unpaired) electrons. The Morgan fingerprint density at radius 1 is 0.944 bits per heavy atom. The fraction of sp³-hybridized carbons (Fsp3) is 0.310. The minimum Gasteiger partial charge on any atom is -0.454 e. The predicted octanol–water partition coefficient (Wildman–Crippen LogP) is 4.65. The molecule has 3 aromatic carbocycles. The van der Waals surface area contributed by atoms with Crippen molar-refractivity contribution in [2.45, 2.75) is 45.2 Å². The number of benzene rings is 3. The summed E-state index contributed by atoms with van der Waals surface area (Å²) < 4.78 is 24.4. The molecule has 36 heavy (non-hydrogen) atoms. The van der Waals surface area contributed by atoms with Gasteiger partial charge < -0.3 is 19.7 Å². The lowest BCUT2D eigenvalue weighted by molar-refractivity contribution is -0.141. The Balaban J connectivity index is 1.57. The summed E-state index contributed by atoms with van der Waals surface area (Å²) in [5.41, 5.74) is 2.67. The largest absolute Gasteiger partial charge is 0.454 e. The number of fused-ring (bicyclic) bond motifs is 1. The lowest BCUT2D eigenvalue weighted by Gasteiger charge is -2.31. The third-order valence-corrected chi connectivity index (χ3v) is 6.15. The molecule has 2 amide bonds. The van der Waals surface area contributed by atoms with Gasteiger partial charge in [0.2, 0.25) is 18.6 Å². The van der Waals surface area contributed by atoms with Crippen molar-refractivity contribution in [2.75, 3.05) is 13.3 Å². The maximum Gasteiger partial charge on any atom is 0.243 e. The highest BCUT2D eigenvalue weighted by molar-refractivity contribution is 5.88. The molecular weight excluding hydrogens is 459 g/mol. The zero-order chi connectivity index (χ0) is 25.3. The molecule has 1 aliphatic heterocycles. The van der Waals surface area contributed by atoms with Gasteiger partial charge in [0, 0.05) is 25.9 Å². The van der Waals surface area contributed by atoms with E-state index in [0.717, 1.165) is 23.1 Å². The molecule has 4 rings (SSSR count). The van der Waals surface area contributed by atoms with Crippen molar-refractivity contribution < 1.29 is 23.5 Å². The zero-order valence-electron chi connectivity index (χ0n) is 20.4. The van der Waals surface area contributed by atoms with Crippen LogP contribution >= 0.6 is 0 Å². The number of carbonyl (C=O) groups is 2. The maximum absolute atomic E-state index is 13.6. The molecule has 0 saturated carbocycles. The third kappa shape index (κ3) is 6.62. The van der Waals surface area contributed by atoms with Crippen molar-refractivity contribution in [1.82, 2.24) is 10.2 Å². The van der Waals surface area contributed by atoms with Crippen LogP contribution in [0.25, 0.3) is 0 Å². The molecule has 6 nitrogen and oxygen atoms in total. The number of amides is 2. The molecule has 0 spiro atoms. The van der Waals surface area contributed by atoms with E-state index in [0.29, 0.717) is 30.9 Å². The Labute approximate surface area is 211 Å². The minimum atomic E-state index is -0.701. The number of carbonyl (C=O) groups excluding carboxylic acids is 2. The van der Waals surface area contributed by atoms with E-state index in [4.69, 9.17) is 9.47 Å². The minimum absolute atomic E-state index is 0.149. The van der Waals surface area contributed by atoms with E-state index in [2.05, 4.69) is 5.32 Å². The van der Waals surface area contributed by atoms with Crippen LogP contribution in [0.15, 0.2) is 72.8 Å². The van der Waals surface area contributed by atoms with Gasteiger partial charge in [-0.3, -0.25) is 9.59 Å². The van der Waals surface area contributed by atoms with Crippen LogP contribution in [0.2, 0.25) is 0 Å². The highest BCUT2D eigenvalue weighted by atomic mass is 19.1. The van der Waals surface area contributed by atoms with Crippen molar-refractivity contribution in [3.63, 3.8) is 0 Å². The smallest absolute Gasteiger partial charge is 0.243 e. The van der Waals surface area contributed by atoms with Crippen LogP contribution in [0.1, 0.15) is 36.5 Å². The number of hydrogen-bond donors (Lipinski definition) is 1. The first-order chi connectivity index (χ1) is 17.5. The standard InChI is InChI=1S/C29H31FN2O4/c1-2-16-31-29(34)25(17-21-6-4-3-5-7-21)32(19-23-8-12-24(30)13-9-23)28(33)15-11-22-10-14-26-27(18-22)36-20-35-26/h3-10,12-14,18,25H,2,11,15-17,19-20H2,1H3,(H,31,34)/t25-/m0/s1. The van der Waals surface area contributed by atoms with Gasteiger partial charge in [-0.2, -0.15) is 0 Å². The molecule has 7 heteroatoms. The number of hydrogen-bond acceptors (Lipinski definition) is 4. The van der Waals surface area contributed by atoms with Gasteiger partial charge in [0.05, 0.1) is 0 Å². The van der Waals surface area contributed by atoms with Gasteiger partial charge in [0.25, 0.3) is 0 Å². The van der Waals surface area contributed by atoms with E-state index in [1.165, 1.54) is 12.1 Å². The Morgan fingerprint density at radius 2 is 1.67 bits per heavy atom. The summed E-state index contributed by atoms with van der Waals surface area (Å²) in [7, 11) is 0. The van der Waals surface area contributed by atoms with Crippen molar-refractivity contribution in [3.8, 4) is 11.5 Å². The fourth-order valence-corrected chi connectivity index (χ4v) is 4.20. The van der Waals surface area contributed by atoms with Crippen LogP contribution in [-0.2, 0) is 29.0 Å². The second-order valence-electron chi connectivity index (χ2n) is 8.83. The van der Waals surface area contributed by atoms with Crippen LogP contribution in [0, 0.1) is 5.82 Å². The van der Waals surface area contributed by atoms with Gasteiger partial charge in [-0.1, -0.05) is 55.5 Å². The van der Waals surface area contributed by atoms with Crippen molar-refractivity contribution in [1.29, 1.82) is 0 Å². The molecule has 188 valence electrons. The van der Waals surface area contributed by atoms with Gasteiger partial charge in [0.15, 0.2) is 11.5 Å². The summed E-state index contributed by atoms with van der Waals surface area (Å²) in [4.78, 5) is 28.6. The van der Waals surface area contributed by atoms with E-state index >= 15 is 0 Å². The van der Waals surface area contributed by atoms with E-state index in [9.17, 15) is 14.0 Å². The number of nitrogens with one attached hydrogen (secondary N) is 1. The van der Waals surface area contributed by atoms with Gasteiger partial charge >= 0.3 is 0 Å². The second kappa shape index (κ2) is 12.2. The number of nitrogens with zero attached hydrogens (tertiary/aromatic N) is 1. The van der Waals surface area contributed by atoms with E-state index in [1.54, 1.807) is 17.0 Å². The summed E-state index contributed by atoms with van der Waals surface area (Å²) in [6, 6.07) is 20.6. The summed E-state index contributed by atoms with van der Waals surface area (Å²) in [6.45, 7) is 2.91. The monoisotopic (exact) mass is 490 g/mol. The molecule has 3 aromatic rings. The molecule has 1 aliphatic rings. The summed E-state index contributed by atoms with van der Waals surface area (Å²) in [6.07, 6.45) is 1.88. The number of aryl methyl sites for hydroxylation is 1. The van der Waals surface area contributed by atoms with Crippen molar-refractivity contribution in [3.05, 3.63) is 95.3 Å². The van der Waals surface area contributed by atoms with Gasteiger partial charge in [-0.05, 0) is 53.8 Å². The van der Waals surface area contributed by atoms with Crippen LogP contribution in [0.5, 0.6) is 11.5 Å². The van der Waals surface area contributed by atoms with Crippen molar-refractivity contribution >= 4 is 11.8 Å². The molecule has 0 bridgehead atoms. The average molecular weight is 491 g/mol. The number of rotatable bonds is 11. The van der Waals surface area contributed by atoms with Gasteiger partial charge in [0.1, 0.15) is 11.9 Å². The Morgan fingerprint density at radius 3 is 2.42 bits per heavy atom. The van der Waals surface area contributed by atoms with E-state index in [1.807, 2.05) is 55.5 Å². The maximum atomic E-state index is 13.6. The van der Waals surface area contributed by atoms with E-state index in [-0.39, 0.29) is 37.4 Å². The summed E-state index contributed by atoms with van der Waals surface area (Å²) in [5, 5.41) is 2.96. The van der Waals surface area contributed by atoms with Gasteiger partial charge in [-0.15, -0.1) is 0 Å². The topological polar surface area (TPSA) is 67.9 Å². The summed E-state index contributed by atoms with van der Waals surface area (Å²) >= 11 is 0. The van der Waals surface area contributed by atoms with Crippen LogP contribution in [0.4, 0.5) is 4.39 Å². The number of halogens is 1. The van der Waals surface area contributed by atoms with Gasteiger partial charge in [-0.25, -0.2) is 4.39 Å². The Kier molecular flexibility index (Phi) is 8.55. The predicted molar refractivity (Wildman–Crippen MR) is 135 cm³/mol. The van der Waals surface area contributed by atoms with Crippen LogP contribution in [-0.4, -0.2) is 36.1 Å². The lowest BCUT2D eigenvalue weighted by atomic mass is 10.0. The first-order valence-electron chi connectivity index (χ1n) is 12.3. The number of ether oxygens (including phenoxy) is 2. The highest BCUT2D eigenvalue weighted by Gasteiger charge is 2.30. The molecule has 1 atom stereocenters. The third-order valence-electron chi connectivity index (χ3n) is 6.15. The first-order valence-corrected chi connectivity index (χ1v) is 12.3. The second-order valence-corrected chi connectivity index (χ2v) is 8.83. The molecule has 0 saturated heterocycles. The first kappa shape index (κ1) is 25.2. The molecule has 1 heterocycles. The lowest BCUT2D eigenvalue weighted by Crippen LogP contribution is -2.50. The van der Waals surface area contributed by atoms with Crippen LogP contribution < -0.4 is 14.8 Å². The molecule has 0 fully saturated rings. The molecule has 0 aromatic heterocycles. The molecule has 0 aliphatic carbocycles. The Hall–Kier alpha value is -3.87. The highest BCUT2D eigenvalue weighted by Crippen LogP contribution is 2.33. The molecule has 0 unspecified atom stereocenters. The van der Waals surface area contributed by atoms with Crippen LogP contribution in [0.3, 0.4) is 0 Å². The fourth-order valence-electron chi connectivity index (χ4n) is 4.20. The summed E-state index contributed by atoms with van der Waals surface area (Å²) in [5.74, 6) is 0.673. The molecule has 1 N–H and O–H groups in total. The zero-order valence-corrected chi connectivity index (χ0v) is 20.4. The SMILES string of the molecule is CCCNC(=O)[C@H](Cc1ccccc1)N(Cc1ccc(F)cc1)C(=O)CCc1ccc2c(c1)OCO2. The molecular formula is C29H31FN2O4.